The van der Waals surface area contributed by atoms with Gasteiger partial charge in [0.15, 0.2) is 0 Å². The Bertz CT molecular complexity index is 1140. The van der Waals surface area contributed by atoms with Crippen LogP contribution < -0.4 is 5.56 Å². The first kappa shape index (κ1) is 16.3. The molecular formula is C19H19N5O2. The molecule has 0 aliphatic carbocycles. The molecule has 4 aromatic rings. The Morgan fingerprint density at radius 2 is 2.15 bits per heavy atom. The Balaban J connectivity index is 1.74. The highest BCUT2D eigenvalue weighted by molar-refractivity contribution is 5.78. The summed E-state index contributed by atoms with van der Waals surface area (Å²) in [6, 6.07) is 7.88. The van der Waals surface area contributed by atoms with Gasteiger partial charge < -0.3 is 14.1 Å². The average Bonchev–Trinajstić information content (AvgIpc) is 3.23. The number of aromatic amines is 1. The lowest BCUT2D eigenvalue weighted by Crippen LogP contribution is -2.12. The molecule has 0 atom stereocenters. The summed E-state index contributed by atoms with van der Waals surface area (Å²) in [6.45, 7) is 6.47. The standard InChI is InChI=1S/C19H19N5O2/c1-11(2)15-8-20-19(25)17-16(15)21-10-24(17)9-13-5-4-6-14(7-13)18-22-12(3)26-23-18/h4-8,10-11H,9H2,1-3H3,(H,20,25). The normalized spacial score (nSPS) is 11.5. The lowest BCUT2D eigenvalue weighted by molar-refractivity contribution is 0.394. The van der Waals surface area contributed by atoms with Gasteiger partial charge in [0.1, 0.15) is 5.52 Å². The van der Waals surface area contributed by atoms with E-state index in [1.165, 1.54) is 0 Å². The molecule has 0 spiro atoms. The molecule has 0 aliphatic rings. The zero-order valence-electron chi connectivity index (χ0n) is 14.9. The van der Waals surface area contributed by atoms with E-state index in [1.54, 1.807) is 19.4 Å². The van der Waals surface area contributed by atoms with E-state index < -0.39 is 0 Å². The third kappa shape index (κ3) is 2.81. The van der Waals surface area contributed by atoms with E-state index in [-0.39, 0.29) is 11.5 Å². The molecule has 4 rings (SSSR count). The third-order valence-corrected chi connectivity index (χ3v) is 4.37. The maximum absolute atomic E-state index is 12.4. The van der Waals surface area contributed by atoms with Crippen LogP contribution in [0.1, 0.15) is 36.8 Å². The van der Waals surface area contributed by atoms with Crippen LogP contribution in [0.5, 0.6) is 0 Å². The van der Waals surface area contributed by atoms with Gasteiger partial charge in [-0.25, -0.2) is 4.98 Å². The third-order valence-electron chi connectivity index (χ3n) is 4.37. The van der Waals surface area contributed by atoms with E-state index in [0.29, 0.717) is 23.8 Å². The van der Waals surface area contributed by atoms with Crippen molar-refractivity contribution in [3.05, 3.63) is 64.2 Å². The fraction of sp³-hybridized carbons (Fsp3) is 0.263. The summed E-state index contributed by atoms with van der Waals surface area (Å²) in [5.74, 6) is 1.36. The van der Waals surface area contributed by atoms with Gasteiger partial charge in [-0.2, -0.15) is 4.98 Å². The molecule has 3 aromatic heterocycles. The minimum atomic E-state index is -0.133. The quantitative estimate of drug-likeness (QED) is 0.611. The van der Waals surface area contributed by atoms with Crippen LogP contribution in [0, 0.1) is 6.92 Å². The Morgan fingerprint density at radius 1 is 1.31 bits per heavy atom. The number of hydrogen-bond donors (Lipinski definition) is 1. The largest absolute Gasteiger partial charge is 0.339 e. The molecule has 1 N–H and O–H groups in total. The molecule has 0 fully saturated rings. The van der Waals surface area contributed by atoms with E-state index in [9.17, 15) is 4.79 Å². The number of imidazole rings is 1. The van der Waals surface area contributed by atoms with Crippen molar-refractivity contribution in [3.63, 3.8) is 0 Å². The molecule has 3 heterocycles. The number of nitrogens with one attached hydrogen (secondary N) is 1. The van der Waals surface area contributed by atoms with Gasteiger partial charge in [-0.05, 0) is 23.1 Å². The van der Waals surface area contributed by atoms with Crippen LogP contribution in [0.15, 0.2) is 46.1 Å². The lowest BCUT2D eigenvalue weighted by atomic mass is 10.0. The first-order valence-electron chi connectivity index (χ1n) is 8.49. The van der Waals surface area contributed by atoms with Crippen LogP contribution in [-0.4, -0.2) is 24.7 Å². The van der Waals surface area contributed by atoms with Gasteiger partial charge in [-0.1, -0.05) is 37.2 Å². The number of fused-ring (bicyclic) bond motifs is 1. The maximum atomic E-state index is 12.4. The van der Waals surface area contributed by atoms with Gasteiger partial charge in [-0.15, -0.1) is 0 Å². The second kappa shape index (κ2) is 6.25. The number of hydrogen-bond acceptors (Lipinski definition) is 5. The second-order valence-corrected chi connectivity index (χ2v) is 6.63. The lowest BCUT2D eigenvalue weighted by Gasteiger charge is -2.08. The molecule has 1 aromatic carbocycles. The highest BCUT2D eigenvalue weighted by atomic mass is 16.5. The van der Waals surface area contributed by atoms with Crippen LogP contribution in [-0.2, 0) is 6.54 Å². The summed E-state index contributed by atoms with van der Waals surface area (Å²) in [5.41, 5.74) is 4.16. The van der Waals surface area contributed by atoms with Crippen molar-refractivity contribution < 1.29 is 4.52 Å². The molecule has 7 heteroatoms. The van der Waals surface area contributed by atoms with Gasteiger partial charge in [0.25, 0.3) is 5.56 Å². The predicted molar refractivity (Wildman–Crippen MR) is 98.0 cm³/mol. The van der Waals surface area contributed by atoms with Crippen LogP contribution in [0.2, 0.25) is 0 Å². The van der Waals surface area contributed by atoms with Crippen molar-refractivity contribution in [1.29, 1.82) is 0 Å². The Morgan fingerprint density at radius 3 is 2.88 bits per heavy atom. The number of aryl methyl sites for hydroxylation is 1. The highest BCUT2D eigenvalue weighted by Crippen LogP contribution is 2.22. The monoisotopic (exact) mass is 349 g/mol. The Kier molecular flexibility index (Phi) is 3.91. The van der Waals surface area contributed by atoms with Crippen LogP contribution >= 0.6 is 0 Å². The molecule has 132 valence electrons. The first-order valence-corrected chi connectivity index (χ1v) is 8.49. The van der Waals surface area contributed by atoms with E-state index in [1.807, 2.05) is 28.8 Å². The topological polar surface area (TPSA) is 89.6 Å². The molecular weight excluding hydrogens is 330 g/mol. The summed E-state index contributed by atoms with van der Waals surface area (Å²) in [6.07, 6.45) is 3.48. The summed E-state index contributed by atoms with van der Waals surface area (Å²) in [4.78, 5) is 23.9. The maximum Gasteiger partial charge on any atom is 0.274 e. The average molecular weight is 349 g/mol. The molecule has 0 radical (unpaired) electrons. The van der Waals surface area contributed by atoms with E-state index >= 15 is 0 Å². The number of rotatable bonds is 4. The summed E-state index contributed by atoms with van der Waals surface area (Å²) < 4.78 is 6.93. The van der Waals surface area contributed by atoms with E-state index in [4.69, 9.17) is 4.52 Å². The van der Waals surface area contributed by atoms with Crippen molar-refractivity contribution in [2.45, 2.75) is 33.2 Å². The minimum Gasteiger partial charge on any atom is -0.339 e. The highest BCUT2D eigenvalue weighted by Gasteiger charge is 2.14. The van der Waals surface area contributed by atoms with E-state index in [0.717, 1.165) is 22.2 Å². The van der Waals surface area contributed by atoms with Gasteiger partial charge >= 0.3 is 0 Å². The molecule has 7 nitrogen and oxygen atoms in total. The van der Waals surface area contributed by atoms with Crippen LogP contribution in [0.3, 0.4) is 0 Å². The van der Waals surface area contributed by atoms with Gasteiger partial charge in [0, 0.05) is 25.2 Å². The van der Waals surface area contributed by atoms with Crippen molar-refractivity contribution in [3.8, 4) is 11.4 Å². The fourth-order valence-electron chi connectivity index (χ4n) is 3.09. The number of aromatic nitrogens is 5. The first-order chi connectivity index (χ1) is 12.5. The fourth-order valence-corrected chi connectivity index (χ4v) is 3.09. The predicted octanol–water partition coefficient (Wildman–Crippen LogP) is 3.25. The molecule has 0 bridgehead atoms. The molecule has 0 aliphatic heterocycles. The van der Waals surface area contributed by atoms with Gasteiger partial charge in [-0.3, -0.25) is 4.79 Å². The molecule has 26 heavy (non-hydrogen) atoms. The van der Waals surface area contributed by atoms with E-state index in [2.05, 4.69) is 34.0 Å². The summed E-state index contributed by atoms with van der Waals surface area (Å²) in [7, 11) is 0. The summed E-state index contributed by atoms with van der Waals surface area (Å²) in [5, 5.41) is 3.96. The van der Waals surface area contributed by atoms with Crippen LogP contribution in [0.4, 0.5) is 0 Å². The number of nitrogens with zero attached hydrogens (tertiary/aromatic N) is 4. The number of H-pyrrole nitrogens is 1. The zero-order chi connectivity index (χ0) is 18.3. The molecule has 0 saturated carbocycles. The Hall–Kier alpha value is -3.22. The van der Waals surface area contributed by atoms with Crippen molar-refractivity contribution in [2.24, 2.45) is 0 Å². The van der Waals surface area contributed by atoms with Crippen molar-refractivity contribution in [2.75, 3.05) is 0 Å². The number of pyridine rings is 1. The molecule has 0 amide bonds. The molecule has 0 saturated heterocycles. The minimum absolute atomic E-state index is 0.133. The zero-order valence-corrected chi connectivity index (χ0v) is 14.9. The van der Waals surface area contributed by atoms with Crippen molar-refractivity contribution in [1.82, 2.24) is 24.7 Å². The number of benzene rings is 1. The summed E-state index contributed by atoms with van der Waals surface area (Å²) >= 11 is 0. The SMILES string of the molecule is Cc1nc(-c2cccc(Cn3cnc4c(C(C)C)c[nH]c(=O)c43)c2)no1. The van der Waals surface area contributed by atoms with Gasteiger partial charge in [0.05, 0.1) is 11.8 Å². The van der Waals surface area contributed by atoms with Gasteiger partial charge in [0.2, 0.25) is 11.7 Å². The second-order valence-electron chi connectivity index (χ2n) is 6.63. The molecule has 0 unspecified atom stereocenters. The Labute approximate surface area is 149 Å². The van der Waals surface area contributed by atoms with Crippen molar-refractivity contribution >= 4 is 11.0 Å². The van der Waals surface area contributed by atoms with Crippen LogP contribution in [0.25, 0.3) is 22.4 Å². The smallest absolute Gasteiger partial charge is 0.274 e.